The smallest absolute Gasteiger partial charge is 0.231 e. The highest BCUT2D eigenvalue weighted by molar-refractivity contribution is 5.91. The fraction of sp³-hybridized carbons (Fsp3) is 0.500. The van der Waals surface area contributed by atoms with Crippen LogP contribution in [0, 0.1) is 0 Å². The van der Waals surface area contributed by atoms with E-state index in [9.17, 15) is 4.79 Å². The van der Waals surface area contributed by atoms with Crippen molar-refractivity contribution >= 4 is 11.6 Å². The Morgan fingerprint density at radius 2 is 2.00 bits per heavy atom. The molecule has 1 N–H and O–H groups in total. The van der Waals surface area contributed by atoms with Crippen LogP contribution in [0.5, 0.6) is 11.5 Å². The summed E-state index contributed by atoms with van der Waals surface area (Å²) in [4.78, 5) is 14.2. The van der Waals surface area contributed by atoms with Gasteiger partial charge in [-0.05, 0) is 38.1 Å². The molecule has 0 atom stereocenters. The van der Waals surface area contributed by atoms with Gasteiger partial charge >= 0.3 is 0 Å². The first-order valence-corrected chi connectivity index (χ1v) is 6.73. The predicted molar refractivity (Wildman–Crippen MR) is 71.5 cm³/mol. The molecule has 0 radical (unpaired) electrons. The van der Waals surface area contributed by atoms with E-state index in [1.165, 1.54) is 12.8 Å². The largest absolute Gasteiger partial charge is 0.454 e. The van der Waals surface area contributed by atoms with E-state index in [0.717, 1.165) is 31.1 Å². The van der Waals surface area contributed by atoms with E-state index < -0.39 is 0 Å². The van der Waals surface area contributed by atoms with E-state index in [1.807, 2.05) is 12.1 Å². The van der Waals surface area contributed by atoms with Gasteiger partial charge in [0.05, 0.1) is 0 Å². The maximum Gasteiger partial charge on any atom is 0.231 e. The van der Waals surface area contributed by atoms with E-state index >= 15 is 0 Å². The average Bonchev–Trinajstić information content (AvgIpc) is 3.07. The molecule has 0 bridgehead atoms. The molecule has 3 rings (SSSR count). The number of amides is 1. The first-order chi connectivity index (χ1) is 9.31. The molecule has 2 heterocycles. The van der Waals surface area contributed by atoms with Gasteiger partial charge in [-0.2, -0.15) is 0 Å². The molecule has 19 heavy (non-hydrogen) atoms. The summed E-state index contributed by atoms with van der Waals surface area (Å²) < 4.78 is 10.5. The highest BCUT2D eigenvalue weighted by Gasteiger charge is 2.15. The Morgan fingerprint density at radius 1 is 1.21 bits per heavy atom. The summed E-state index contributed by atoms with van der Waals surface area (Å²) in [6.45, 7) is 3.34. The van der Waals surface area contributed by atoms with Crippen molar-refractivity contribution in [2.45, 2.75) is 19.3 Å². The molecule has 5 heteroatoms. The lowest BCUT2D eigenvalue weighted by atomic mass is 10.2. The summed E-state index contributed by atoms with van der Waals surface area (Å²) in [7, 11) is 0. The quantitative estimate of drug-likeness (QED) is 0.899. The Morgan fingerprint density at radius 3 is 2.84 bits per heavy atom. The number of carbonyl (C=O) groups is 1. The van der Waals surface area contributed by atoms with Crippen molar-refractivity contribution < 1.29 is 14.3 Å². The van der Waals surface area contributed by atoms with E-state index in [1.54, 1.807) is 6.07 Å². The number of ether oxygens (including phenoxy) is 2. The van der Waals surface area contributed by atoms with Gasteiger partial charge in [-0.25, -0.2) is 0 Å². The Bertz CT molecular complexity index is 470. The van der Waals surface area contributed by atoms with Crippen LogP contribution < -0.4 is 14.8 Å². The second kappa shape index (κ2) is 5.48. The first kappa shape index (κ1) is 12.3. The Balaban J connectivity index is 1.51. The lowest BCUT2D eigenvalue weighted by Crippen LogP contribution is -2.25. The number of hydrogen-bond donors (Lipinski definition) is 1. The summed E-state index contributed by atoms with van der Waals surface area (Å²) in [5, 5.41) is 2.89. The third-order valence-corrected chi connectivity index (χ3v) is 3.51. The molecule has 0 saturated carbocycles. The SMILES string of the molecule is O=C(CCN1CCCC1)Nc1ccc2c(c1)OCO2. The van der Waals surface area contributed by atoms with E-state index in [4.69, 9.17) is 9.47 Å². The molecule has 0 aromatic heterocycles. The number of fused-ring (bicyclic) bond motifs is 1. The van der Waals surface area contributed by atoms with Crippen LogP contribution in [0.25, 0.3) is 0 Å². The summed E-state index contributed by atoms with van der Waals surface area (Å²) in [6, 6.07) is 5.45. The molecular weight excluding hydrogens is 244 g/mol. The van der Waals surface area contributed by atoms with E-state index in [2.05, 4.69) is 10.2 Å². The number of anilines is 1. The number of likely N-dealkylation sites (tertiary alicyclic amines) is 1. The highest BCUT2D eigenvalue weighted by atomic mass is 16.7. The van der Waals surface area contributed by atoms with Crippen LogP contribution in [0.1, 0.15) is 19.3 Å². The molecule has 0 spiro atoms. The molecule has 1 aromatic rings. The minimum atomic E-state index is 0.0470. The maximum absolute atomic E-state index is 11.9. The van der Waals surface area contributed by atoms with Gasteiger partial charge in [0.2, 0.25) is 12.7 Å². The number of nitrogens with zero attached hydrogens (tertiary/aromatic N) is 1. The molecule has 1 aromatic carbocycles. The normalized spacial score (nSPS) is 17.7. The molecule has 0 aliphatic carbocycles. The van der Waals surface area contributed by atoms with Crippen molar-refractivity contribution in [3.8, 4) is 11.5 Å². The van der Waals surface area contributed by atoms with Crippen LogP contribution in [-0.2, 0) is 4.79 Å². The minimum absolute atomic E-state index is 0.0470. The Labute approximate surface area is 112 Å². The van der Waals surface area contributed by atoms with E-state index in [0.29, 0.717) is 12.2 Å². The van der Waals surface area contributed by atoms with Crippen LogP contribution in [-0.4, -0.2) is 37.2 Å². The van der Waals surface area contributed by atoms with Crippen molar-refractivity contribution in [2.24, 2.45) is 0 Å². The van der Waals surface area contributed by atoms with Crippen molar-refractivity contribution in [3.05, 3.63) is 18.2 Å². The topological polar surface area (TPSA) is 50.8 Å². The van der Waals surface area contributed by atoms with Gasteiger partial charge in [0.25, 0.3) is 0 Å². The van der Waals surface area contributed by atoms with Crippen LogP contribution in [0.2, 0.25) is 0 Å². The van der Waals surface area contributed by atoms with E-state index in [-0.39, 0.29) is 12.7 Å². The highest BCUT2D eigenvalue weighted by Crippen LogP contribution is 2.34. The van der Waals surface area contributed by atoms with Crippen LogP contribution >= 0.6 is 0 Å². The molecule has 5 nitrogen and oxygen atoms in total. The molecular formula is C14H18N2O3. The number of nitrogens with one attached hydrogen (secondary N) is 1. The summed E-state index contributed by atoms with van der Waals surface area (Å²) in [5.41, 5.74) is 0.760. The molecule has 0 unspecified atom stereocenters. The number of hydrogen-bond acceptors (Lipinski definition) is 4. The number of benzene rings is 1. The summed E-state index contributed by atoms with van der Waals surface area (Å²) >= 11 is 0. The van der Waals surface area contributed by atoms with Gasteiger partial charge in [0, 0.05) is 24.7 Å². The molecule has 102 valence electrons. The zero-order valence-corrected chi connectivity index (χ0v) is 10.9. The predicted octanol–water partition coefficient (Wildman–Crippen LogP) is 1.84. The van der Waals surface area contributed by atoms with Crippen molar-refractivity contribution in [2.75, 3.05) is 31.7 Å². The van der Waals surface area contributed by atoms with Gasteiger partial charge in [-0.15, -0.1) is 0 Å². The van der Waals surface area contributed by atoms with Gasteiger partial charge in [-0.1, -0.05) is 0 Å². The van der Waals surface area contributed by atoms with Crippen molar-refractivity contribution in [1.82, 2.24) is 4.90 Å². The zero-order chi connectivity index (χ0) is 13.1. The monoisotopic (exact) mass is 262 g/mol. The summed E-state index contributed by atoms with van der Waals surface area (Å²) in [6.07, 6.45) is 3.04. The number of carbonyl (C=O) groups excluding carboxylic acids is 1. The molecule has 1 fully saturated rings. The van der Waals surface area contributed by atoms with Crippen molar-refractivity contribution in [3.63, 3.8) is 0 Å². The van der Waals surface area contributed by atoms with Gasteiger partial charge in [0.15, 0.2) is 11.5 Å². The summed E-state index contributed by atoms with van der Waals surface area (Å²) in [5.74, 6) is 1.47. The lowest BCUT2D eigenvalue weighted by Gasteiger charge is -2.14. The molecule has 2 aliphatic heterocycles. The molecule has 2 aliphatic rings. The third-order valence-electron chi connectivity index (χ3n) is 3.51. The second-order valence-electron chi connectivity index (χ2n) is 4.91. The fourth-order valence-corrected chi connectivity index (χ4v) is 2.46. The van der Waals surface area contributed by atoms with Gasteiger partial charge in [0.1, 0.15) is 0 Å². The Kier molecular flexibility index (Phi) is 3.55. The first-order valence-electron chi connectivity index (χ1n) is 6.73. The molecule has 1 amide bonds. The fourth-order valence-electron chi connectivity index (χ4n) is 2.46. The lowest BCUT2D eigenvalue weighted by molar-refractivity contribution is -0.116. The zero-order valence-electron chi connectivity index (χ0n) is 10.9. The van der Waals surface area contributed by atoms with Gasteiger partial charge < -0.3 is 19.7 Å². The number of rotatable bonds is 4. The Hall–Kier alpha value is -1.75. The van der Waals surface area contributed by atoms with Crippen LogP contribution in [0.4, 0.5) is 5.69 Å². The maximum atomic E-state index is 11.9. The van der Waals surface area contributed by atoms with Crippen LogP contribution in [0.3, 0.4) is 0 Å². The third kappa shape index (κ3) is 2.98. The standard InChI is InChI=1S/C14H18N2O3/c17-14(5-8-16-6-1-2-7-16)15-11-3-4-12-13(9-11)19-10-18-12/h3-4,9H,1-2,5-8,10H2,(H,15,17). The van der Waals surface area contributed by atoms with Gasteiger partial charge in [-0.3, -0.25) is 4.79 Å². The minimum Gasteiger partial charge on any atom is -0.454 e. The second-order valence-corrected chi connectivity index (χ2v) is 4.91. The average molecular weight is 262 g/mol. The molecule has 1 saturated heterocycles. The van der Waals surface area contributed by atoms with Crippen molar-refractivity contribution in [1.29, 1.82) is 0 Å². The van der Waals surface area contributed by atoms with Crippen LogP contribution in [0.15, 0.2) is 18.2 Å².